The molecule has 2 aliphatic rings. The van der Waals surface area contributed by atoms with Crippen LogP contribution in [0.4, 0.5) is 11.6 Å². The summed E-state index contributed by atoms with van der Waals surface area (Å²) in [4.78, 5) is 21.8. The first-order valence-corrected chi connectivity index (χ1v) is 7.28. The largest absolute Gasteiger partial charge is 0.467 e. The van der Waals surface area contributed by atoms with Crippen LogP contribution in [0.2, 0.25) is 5.28 Å². The molecule has 1 aliphatic carbocycles. The van der Waals surface area contributed by atoms with Crippen molar-refractivity contribution in [1.29, 1.82) is 0 Å². The summed E-state index contributed by atoms with van der Waals surface area (Å²) >= 11 is 5.96. The highest BCUT2D eigenvalue weighted by Crippen LogP contribution is 2.29. The quantitative estimate of drug-likeness (QED) is 0.628. The summed E-state index contributed by atoms with van der Waals surface area (Å²) < 4.78 is 4.79. The molecule has 8 heteroatoms. The Hall–Kier alpha value is -1.60. The third-order valence-corrected chi connectivity index (χ3v) is 3.83. The number of hydrogen-bond donors (Lipinski definition) is 2. The van der Waals surface area contributed by atoms with E-state index in [4.69, 9.17) is 16.3 Å². The van der Waals surface area contributed by atoms with Gasteiger partial charge in [0.05, 0.1) is 13.2 Å². The Morgan fingerprint density at radius 1 is 1.52 bits per heavy atom. The van der Waals surface area contributed by atoms with Gasteiger partial charge in [-0.3, -0.25) is 0 Å². The molecule has 0 bridgehead atoms. The minimum absolute atomic E-state index is 0.112. The van der Waals surface area contributed by atoms with E-state index >= 15 is 0 Å². The van der Waals surface area contributed by atoms with Crippen molar-refractivity contribution in [2.45, 2.75) is 37.5 Å². The SMILES string of the molecule is COC(=O)[C@@H]1C[C@H](O)CN1c1cc(NC2CC2)nc(Cl)n1. The number of nitrogens with one attached hydrogen (secondary N) is 1. The van der Waals surface area contributed by atoms with Gasteiger partial charge in [-0.2, -0.15) is 0 Å². The van der Waals surface area contributed by atoms with Crippen LogP contribution in [0.25, 0.3) is 0 Å². The number of aliphatic hydroxyl groups excluding tert-OH is 1. The van der Waals surface area contributed by atoms with Crippen LogP contribution in [0, 0.1) is 0 Å². The fraction of sp³-hybridized carbons (Fsp3) is 0.615. The maximum Gasteiger partial charge on any atom is 0.328 e. The number of hydrogen-bond acceptors (Lipinski definition) is 7. The van der Waals surface area contributed by atoms with E-state index in [1.54, 1.807) is 11.0 Å². The smallest absolute Gasteiger partial charge is 0.328 e. The summed E-state index contributed by atoms with van der Waals surface area (Å²) in [6.07, 6.45) is 1.95. The third-order valence-electron chi connectivity index (χ3n) is 3.66. The van der Waals surface area contributed by atoms with E-state index in [9.17, 15) is 9.90 Å². The predicted molar refractivity (Wildman–Crippen MR) is 77.5 cm³/mol. The Kier molecular flexibility index (Phi) is 3.86. The van der Waals surface area contributed by atoms with E-state index < -0.39 is 18.1 Å². The fourth-order valence-electron chi connectivity index (χ4n) is 2.49. The summed E-state index contributed by atoms with van der Waals surface area (Å²) in [7, 11) is 1.33. The molecule has 0 spiro atoms. The number of nitrogens with zero attached hydrogens (tertiary/aromatic N) is 3. The molecule has 2 N–H and O–H groups in total. The number of aliphatic hydroxyl groups is 1. The number of rotatable bonds is 4. The molecule has 3 rings (SSSR count). The first-order valence-electron chi connectivity index (χ1n) is 6.90. The topological polar surface area (TPSA) is 87.6 Å². The van der Waals surface area contributed by atoms with Crippen molar-refractivity contribution in [3.63, 3.8) is 0 Å². The minimum atomic E-state index is -0.595. The molecule has 21 heavy (non-hydrogen) atoms. The standard InChI is InChI=1S/C13H17ClN4O3/c1-21-12(20)9-4-8(19)6-18(9)11-5-10(15-7-2-3-7)16-13(14)17-11/h5,7-9,19H,2-4,6H2,1H3,(H,15,16,17)/t8-,9-/m0/s1. The van der Waals surface area contributed by atoms with E-state index in [-0.39, 0.29) is 5.28 Å². The lowest BCUT2D eigenvalue weighted by Crippen LogP contribution is -2.37. The molecule has 1 aromatic heterocycles. The summed E-state index contributed by atoms with van der Waals surface area (Å²) in [5.41, 5.74) is 0. The van der Waals surface area contributed by atoms with Gasteiger partial charge in [0.15, 0.2) is 0 Å². The van der Waals surface area contributed by atoms with Gasteiger partial charge in [-0.15, -0.1) is 0 Å². The minimum Gasteiger partial charge on any atom is -0.467 e. The molecule has 0 radical (unpaired) electrons. The molecule has 0 aromatic carbocycles. The monoisotopic (exact) mass is 312 g/mol. The van der Waals surface area contributed by atoms with Gasteiger partial charge in [0.2, 0.25) is 5.28 Å². The van der Waals surface area contributed by atoms with Crippen LogP contribution in [-0.2, 0) is 9.53 Å². The second-order valence-corrected chi connectivity index (χ2v) is 5.72. The molecular weight excluding hydrogens is 296 g/mol. The number of ether oxygens (including phenoxy) is 1. The Balaban J connectivity index is 1.86. The maximum atomic E-state index is 11.8. The van der Waals surface area contributed by atoms with Crippen LogP contribution >= 0.6 is 11.6 Å². The third kappa shape index (κ3) is 3.19. The molecule has 7 nitrogen and oxygen atoms in total. The molecule has 1 aliphatic heterocycles. The molecule has 1 saturated heterocycles. The number of halogens is 1. The number of carbonyl (C=O) groups excluding carboxylic acids is 1. The van der Waals surface area contributed by atoms with Crippen LogP contribution in [0.3, 0.4) is 0 Å². The van der Waals surface area contributed by atoms with E-state index in [1.807, 2.05) is 0 Å². The molecule has 2 fully saturated rings. The number of anilines is 2. The van der Waals surface area contributed by atoms with Gasteiger partial charge in [-0.1, -0.05) is 0 Å². The van der Waals surface area contributed by atoms with E-state index in [2.05, 4.69) is 15.3 Å². The lowest BCUT2D eigenvalue weighted by molar-refractivity contribution is -0.142. The average Bonchev–Trinajstić information content (AvgIpc) is 3.16. The van der Waals surface area contributed by atoms with E-state index in [0.29, 0.717) is 30.6 Å². The molecule has 1 saturated carbocycles. The van der Waals surface area contributed by atoms with Crippen LogP contribution in [-0.4, -0.2) is 52.9 Å². The predicted octanol–water partition coefficient (Wildman–Crippen LogP) is 0.817. The highest BCUT2D eigenvalue weighted by atomic mass is 35.5. The zero-order valence-corrected chi connectivity index (χ0v) is 12.4. The Morgan fingerprint density at radius 3 is 2.95 bits per heavy atom. The van der Waals surface area contributed by atoms with E-state index in [0.717, 1.165) is 12.8 Å². The second kappa shape index (κ2) is 5.65. The zero-order valence-electron chi connectivity index (χ0n) is 11.6. The zero-order chi connectivity index (χ0) is 15.0. The normalized spacial score (nSPS) is 25.0. The first kappa shape index (κ1) is 14.3. The molecule has 114 valence electrons. The average molecular weight is 313 g/mol. The summed E-state index contributed by atoms with van der Waals surface area (Å²) in [6.45, 7) is 0.315. The summed E-state index contributed by atoms with van der Waals surface area (Å²) in [5, 5.41) is 13.2. The van der Waals surface area contributed by atoms with Crippen molar-refractivity contribution in [2.75, 3.05) is 23.9 Å². The number of carbonyl (C=O) groups is 1. The lowest BCUT2D eigenvalue weighted by Gasteiger charge is -2.23. The molecule has 0 unspecified atom stereocenters. The molecule has 2 heterocycles. The van der Waals surface area contributed by atoms with Crippen LogP contribution in [0.5, 0.6) is 0 Å². The Bertz CT molecular complexity index is 552. The van der Waals surface area contributed by atoms with Crippen molar-refractivity contribution < 1.29 is 14.6 Å². The van der Waals surface area contributed by atoms with Crippen molar-refractivity contribution in [3.8, 4) is 0 Å². The van der Waals surface area contributed by atoms with Gasteiger partial charge in [-0.05, 0) is 24.4 Å². The van der Waals surface area contributed by atoms with Gasteiger partial charge in [0.1, 0.15) is 17.7 Å². The van der Waals surface area contributed by atoms with Crippen molar-refractivity contribution >= 4 is 29.2 Å². The number of aromatic nitrogens is 2. The maximum absolute atomic E-state index is 11.8. The fourth-order valence-corrected chi connectivity index (χ4v) is 2.67. The van der Waals surface area contributed by atoms with Gasteiger partial charge in [-0.25, -0.2) is 14.8 Å². The van der Waals surface area contributed by atoms with Crippen LogP contribution < -0.4 is 10.2 Å². The second-order valence-electron chi connectivity index (χ2n) is 5.38. The highest BCUT2D eigenvalue weighted by Gasteiger charge is 2.38. The van der Waals surface area contributed by atoms with Crippen molar-refractivity contribution in [3.05, 3.63) is 11.3 Å². The highest BCUT2D eigenvalue weighted by molar-refractivity contribution is 6.28. The Labute approximate surface area is 127 Å². The van der Waals surface area contributed by atoms with Crippen molar-refractivity contribution in [1.82, 2.24) is 9.97 Å². The molecule has 2 atom stereocenters. The van der Waals surface area contributed by atoms with Crippen LogP contribution in [0.15, 0.2) is 6.07 Å². The molecule has 0 amide bonds. The summed E-state index contributed by atoms with van der Waals surface area (Å²) in [6, 6.07) is 1.63. The Morgan fingerprint density at radius 2 is 2.29 bits per heavy atom. The summed E-state index contributed by atoms with van der Waals surface area (Å²) in [5.74, 6) is 0.764. The molecular formula is C13H17ClN4O3. The van der Waals surface area contributed by atoms with Crippen LogP contribution in [0.1, 0.15) is 19.3 Å². The number of β-amino-alcohol motifs (C(OH)–C–C–N with tert-alkyl or cyclic N) is 1. The van der Waals surface area contributed by atoms with Crippen molar-refractivity contribution in [2.24, 2.45) is 0 Å². The van der Waals surface area contributed by atoms with Gasteiger partial charge < -0.3 is 20.1 Å². The number of methoxy groups -OCH3 is 1. The molecule has 1 aromatic rings. The first-order chi connectivity index (χ1) is 10.1. The van der Waals surface area contributed by atoms with E-state index in [1.165, 1.54) is 7.11 Å². The van der Waals surface area contributed by atoms with Gasteiger partial charge >= 0.3 is 5.97 Å². The number of esters is 1. The van der Waals surface area contributed by atoms with Gasteiger partial charge in [0.25, 0.3) is 0 Å². The lowest BCUT2D eigenvalue weighted by atomic mass is 10.2. The van der Waals surface area contributed by atoms with Gasteiger partial charge in [0, 0.05) is 25.1 Å².